The first-order chi connectivity index (χ1) is 14.8. The van der Waals surface area contributed by atoms with E-state index in [1.807, 2.05) is 0 Å². The molecule has 5 nitrogen and oxygen atoms in total. The first-order valence-electron chi connectivity index (χ1n) is 9.87. The van der Waals surface area contributed by atoms with Gasteiger partial charge in [0.1, 0.15) is 22.7 Å². The second-order valence-electron chi connectivity index (χ2n) is 7.90. The summed E-state index contributed by atoms with van der Waals surface area (Å²) >= 11 is 1.26. The molecule has 160 valence electrons. The van der Waals surface area contributed by atoms with Gasteiger partial charge in [-0.2, -0.15) is 0 Å². The number of halogens is 2. The largest absolute Gasteiger partial charge is 0.343 e. The molecule has 1 unspecified atom stereocenters. The van der Waals surface area contributed by atoms with Gasteiger partial charge >= 0.3 is 0 Å². The second-order valence-corrected chi connectivity index (χ2v) is 8.76. The van der Waals surface area contributed by atoms with Gasteiger partial charge < -0.3 is 10.2 Å². The van der Waals surface area contributed by atoms with Crippen LogP contribution in [0.25, 0.3) is 10.6 Å². The average Bonchev–Trinajstić information content (AvgIpc) is 3.37. The fourth-order valence-corrected chi connectivity index (χ4v) is 4.51. The number of nitrogens with one attached hydrogen (secondary N) is 1. The Morgan fingerprint density at radius 3 is 2.52 bits per heavy atom. The molecule has 2 heterocycles. The van der Waals surface area contributed by atoms with Crippen molar-refractivity contribution in [2.45, 2.75) is 31.7 Å². The van der Waals surface area contributed by atoms with E-state index in [1.165, 1.54) is 28.4 Å². The summed E-state index contributed by atoms with van der Waals surface area (Å²) in [6, 6.07) is 11.7. The minimum Gasteiger partial charge on any atom is -0.343 e. The lowest BCUT2D eigenvalue weighted by Crippen LogP contribution is -2.48. The maximum Gasteiger partial charge on any atom is 0.249 e. The highest BCUT2D eigenvalue weighted by atomic mass is 32.1. The molecule has 1 aliphatic rings. The van der Waals surface area contributed by atoms with Gasteiger partial charge in [0.25, 0.3) is 0 Å². The first kappa shape index (κ1) is 21.1. The Morgan fingerprint density at radius 2 is 1.81 bits per heavy atom. The smallest absolute Gasteiger partial charge is 0.249 e. The summed E-state index contributed by atoms with van der Waals surface area (Å²) in [5, 5.41) is 4.99. The molecule has 1 atom stereocenters. The zero-order valence-electron chi connectivity index (χ0n) is 17.1. The molecule has 1 aromatic heterocycles. The Hall–Kier alpha value is -3.13. The Kier molecular flexibility index (Phi) is 5.58. The highest BCUT2D eigenvalue weighted by Gasteiger charge is 2.39. The number of aromatic nitrogens is 1. The number of hydrogen-bond acceptors (Lipinski definition) is 4. The van der Waals surface area contributed by atoms with Gasteiger partial charge in [0.05, 0.1) is 16.8 Å². The van der Waals surface area contributed by atoms with E-state index in [4.69, 9.17) is 0 Å². The van der Waals surface area contributed by atoms with Crippen LogP contribution >= 0.6 is 11.3 Å². The van der Waals surface area contributed by atoms with E-state index in [0.717, 1.165) is 0 Å². The lowest BCUT2D eigenvalue weighted by molar-refractivity contribution is -0.129. The summed E-state index contributed by atoms with van der Waals surface area (Å²) in [6.45, 7) is 3.73. The van der Waals surface area contributed by atoms with Gasteiger partial charge in [0.15, 0.2) is 0 Å². The molecule has 4 rings (SSSR count). The number of para-hydroxylation sites is 1. The molecule has 31 heavy (non-hydrogen) atoms. The van der Waals surface area contributed by atoms with Crippen molar-refractivity contribution in [1.82, 2.24) is 10.3 Å². The molecule has 3 aromatic rings. The SMILES string of the molecule is CC(C)(C(=O)NC1CCN(c2ccccc2F)C1=O)c1csc(-c2ccccc2F)n1. The second kappa shape index (κ2) is 8.19. The number of amides is 2. The van der Waals surface area contributed by atoms with Crippen LogP contribution in [0.3, 0.4) is 0 Å². The number of benzene rings is 2. The van der Waals surface area contributed by atoms with Crippen LogP contribution in [0.2, 0.25) is 0 Å². The van der Waals surface area contributed by atoms with E-state index in [0.29, 0.717) is 29.2 Å². The fraction of sp³-hybridized carbons (Fsp3) is 0.261. The number of rotatable bonds is 5. The number of carbonyl (C=O) groups excluding carboxylic acids is 2. The van der Waals surface area contributed by atoms with Gasteiger partial charge in [0, 0.05) is 17.5 Å². The molecular weight excluding hydrogens is 420 g/mol. The van der Waals surface area contributed by atoms with Crippen molar-refractivity contribution in [2.75, 3.05) is 11.4 Å². The summed E-state index contributed by atoms with van der Waals surface area (Å²) in [5.74, 6) is -1.58. The number of nitrogens with zero attached hydrogens (tertiary/aromatic N) is 2. The number of carbonyl (C=O) groups is 2. The van der Waals surface area contributed by atoms with Crippen molar-refractivity contribution in [3.63, 3.8) is 0 Å². The Labute approximate surface area is 182 Å². The standard InChI is InChI=1S/C23H21F2N3O2S/c1-23(2,19-13-31-20(27-19)14-7-3-4-8-15(14)24)22(30)26-17-11-12-28(21(17)29)18-10-6-5-9-16(18)25/h3-10,13,17H,11-12H2,1-2H3,(H,26,30). The quantitative estimate of drug-likeness (QED) is 0.643. The highest BCUT2D eigenvalue weighted by Crippen LogP contribution is 2.32. The minimum absolute atomic E-state index is 0.206. The molecule has 0 aliphatic carbocycles. The van der Waals surface area contributed by atoms with Crippen LogP contribution in [0.5, 0.6) is 0 Å². The van der Waals surface area contributed by atoms with E-state index in [1.54, 1.807) is 55.6 Å². The molecule has 1 aliphatic heterocycles. The zero-order chi connectivity index (χ0) is 22.2. The molecule has 1 fully saturated rings. The third-order valence-corrected chi connectivity index (χ3v) is 6.35. The van der Waals surface area contributed by atoms with Crippen LogP contribution in [0.4, 0.5) is 14.5 Å². The van der Waals surface area contributed by atoms with Crippen molar-refractivity contribution in [1.29, 1.82) is 0 Å². The van der Waals surface area contributed by atoms with E-state index >= 15 is 0 Å². The number of hydrogen-bond donors (Lipinski definition) is 1. The molecule has 1 N–H and O–H groups in total. The minimum atomic E-state index is -1.04. The van der Waals surface area contributed by atoms with Crippen LogP contribution < -0.4 is 10.2 Å². The van der Waals surface area contributed by atoms with E-state index in [-0.39, 0.29) is 23.3 Å². The third-order valence-electron chi connectivity index (χ3n) is 5.47. The molecule has 0 bridgehead atoms. The molecule has 1 saturated heterocycles. The maximum atomic E-state index is 14.1. The first-order valence-corrected chi connectivity index (χ1v) is 10.7. The highest BCUT2D eigenvalue weighted by molar-refractivity contribution is 7.13. The molecule has 2 amide bonds. The fourth-order valence-electron chi connectivity index (χ4n) is 3.50. The van der Waals surface area contributed by atoms with Crippen LogP contribution in [-0.4, -0.2) is 29.4 Å². The van der Waals surface area contributed by atoms with Gasteiger partial charge in [-0.3, -0.25) is 9.59 Å². The summed E-state index contributed by atoms with van der Waals surface area (Å²) in [7, 11) is 0. The Morgan fingerprint density at radius 1 is 1.13 bits per heavy atom. The summed E-state index contributed by atoms with van der Waals surface area (Å²) < 4.78 is 28.1. The number of anilines is 1. The van der Waals surface area contributed by atoms with Crippen LogP contribution in [0.1, 0.15) is 26.0 Å². The van der Waals surface area contributed by atoms with Crippen LogP contribution in [0.15, 0.2) is 53.9 Å². The van der Waals surface area contributed by atoms with Crippen molar-refractivity contribution in [2.24, 2.45) is 0 Å². The van der Waals surface area contributed by atoms with E-state index < -0.39 is 17.3 Å². The normalized spacial score (nSPS) is 16.6. The van der Waals surface area contributed by atoms with Gasteiger partial charge in [-0.25, -0.2) is 13.8 Å². The van der Waals surface area contributed by atoms with Crippen LogP contribution in [-0.2, 0) is 15.0 Å². The van der Waals surface area contributed by atoms with Crippen molar-refractivity contribution < 1.29 is 18.4 Å². The number of thiazole rings is 1. The zero-order valence-corrected chi connectivity index (χ0v) is 17.9. The Balaban J connectivity index is 1.49. The van der Waals surface area contributed by atoms with E-state index in [9.17, 15) is 18.4 Å². The Bertz CT molecular complexity index is 1150. The van der Waals surface area contributed by atoms with Crippen molar-refractivity contribution in [3.8, 4) is 10.6 Å². The lowest BCUT2D eigenvalue weighted by atomic mass is 9.88. The van der Waals surface area contributed by atoms with Crippen LogP contribution in [0, 0.1) is 11.6 Å². The monoisotopic (exact) mass is 441 g/mol. The summed E-state index contributed by atoms with van der Waals surface area (Å²) in [5.41, 5.74) is 0.0368. The molecule has 2 aromatic carbocycles. The molecule has 0 spiro atoms. The van der Waals surface area contributed by atoms with Gasteiger partial charge in [-0.05, 0) is 44.5 Å². The molecule has 0 radical (unpaired) electrons. The topological polar surface area (TPSA) is 62.3 Å². The third kappa shape index (κ3) is 3.95. The molecule has 0 saturated carbocycles. The predicted molar refractivity (Wildman–Crippen MR) is 116 cm³/mol. The average molecular weight is 442 g/mol. The summed E-state index contributed by atoms with van der Waals surface area (Å²) in [4.78, 5) is 31.6. The van der Waals surface area contributed by atoms with Gasteiger partial charge in [-0.15, -0.1) is 11.3 Å². The lowest BCUT2D eigenvalue weighted by Gasteiger charge is -2.24. The maximum absolute atomic E-state index is 14.1. The van der Waals surface area contributed by atoms with E-state index in [2.05, 4.69) is 10.3 Å². The van der Waals surface area contributed by atoms with Gasteiger partial charge in [-0.1, -0.05) is 24.3 Å². The van der Waals surface area contributed by atoms with Gasteiger partial charge in [0.2, 0.25) is 11.8 Å². The molecular formula is C23H21F2N3O2S. The summed E-state index contributed by atoms with van der Waals surface area (Å²) in [6.07, 6.45) is 0.381. The van der Waals surface area contributed by atoms with Crippen molar-refractivity contribution in [3.05, 3.63) is 71.2 Å². The molecule has 8 heteroatoms. The van der Waals surface area contributed by atoms with Crippen molar-refractivity contribution >= 4 is 28.8 Å². The predicted octanol–water partition coefficient (Wildman–Crippen LogP) is 4.29.